The summed E-state index contributed by atoms with van der Waals surface area (Å²) in [6, 6.07) is 11.8. The second kappa shape index (κ2) is 16.0. The fourth-order valence-corrected chi connectivity index (χ4v) is 4.88. The maximum Gasteiger partial charge on any atom is 0.323 e. The first-order chi connectivity index (χ1) is 18.0. The molecule has 0 fully saturated rings. The summed E-state index contributed by atoms with van der Waals surface area (Å²) in [5.74, 6) is -0.259. The van der Waals surface area contributed by atoms with E-state index in [2.05, 4.69) is 40.8 Å². The van der Waals surface area contributed by atoms with E-state index in [0.717, 1.165) is 24.9 Å². The van der Waals surface area contributed by atoms with Gasteiger partial charge in [0.1, 0.15) is 0 Å². The van der Waals surface area contributed by atoms with Gasteiger partial charge in [-0.05, 0) is 37.6 Å². The predicted molar refractivity (Wildman–Crippen MR) is 151 cm³/mol. The van der Waals surface area contributed by atoms with Crippen molar-refractivity contribution in [3.8, 4) is 5.75 Å². The number of unbranched alkanes of at least 4 members (excludes halogenated alkanes) is 9. The first-order valence-electron chi connectivity index (χ1n) is 13.6. The van der Waals surface area contributed by atoms with E-state index in [0.29, 0.717) is 18.0 Å². The lowest BCUT2D eigenvalue weighted by molar-refractivity contribution is -0.683. The Morgan fingerprint density at radius 1 is 0.919 bits per heavy atom. The Morgan fingerprint density at radius 2 is 1.59 bits per heavy atom. The van der Waals surface area contributed by atoms with Gasteiger partial charge in [0.05, 0.1) is 11.5 Å². The van der Waals surface area contributed by atoms with Crippen molar-refractivity contribution in [2.24, 2.45) is 0 Å². The van der Waals surface area contributed by atoms with Gasteiger partial charge in [-0.25, -0.2) is 9.18 Å². The molecule has 1 aromatic heterocycles. The molecular weight excluding hydrogens is 485 g/mol. The van der Waals surface area contributed by atoms with Crippen molar-refractivity contribution < 1.29 is 18.5 Å². The Labute approximate surface area is 225 Å². The van der Waals surface area contributed by atoms with Crippen molar-refractivity contribution in [1.82, 2.24) is 0 Å². The van der Waals surface area contributed by atoms with Crippen molar-refractivity contribution in [1.29, 1.82) is 0 Å². The van der Waals surface area contributed by atoms with E-state index in [1.807, 2.05) is 24.3 Å². The molecule has 0 radical (unpaired) electrons. The van der Waals surface area contributed by atoms with Crippen LogP contribution >= 0.6 is 11.3 Å². The maximum absolute atomic E-state index is 14.5. The number of halogens is 1. The highest BCUT2D eigenvalue weighted by Gasteiger charge is 2.10. The highest BCUT2D eigenvalue weighted by atomic mass is 32.1. The smallest absolute Gasteiger partial charge is 0.323 e. The lowest BCUT2D eigenvalue weighted by Gasteiger charge is -2.11. The number of hydrogen-bond acceptors (Lipinski definition) is 3. The molecule has 1 heterocycles. The standard InChI is InChI=1S/C30H40FN3O2S/c1-3-4-5-6-7-8-9-10-11-12-18-36-29-17-16-27(20-28(29)31)33-30(35)32-26-15-13-14-25(19-26)22-34-21-24(2)37-23-34/h13-17,19-21,23H,3-12,18,22H2,1-2H3,(H-,32,33,35)/p+1. The molecule has 37 heavy (non-hydrogen) atoms. The summed E-state index contributed by atoms with van der Waals surface area (Å²) in [6.45, 7) is 5.55. The third-order valence-corrected chi connectivity index (χ3v) is 7.07. The second-order valence-electron chi connectivity index (χ2n) is 9.59. The average molecular weight is 527 g/mol. The van der Waals surface area contributed by atoms with Crippen molar-refractivity contribution in [2.75, 3.05) is 17.2 Å². The minimum absolute atomic E-state index is 0.218. The summed E-state index contributed by atoms with van der Waals surface area (Å²) in [5, 5.41) is 5.51. The molecule has 0 atom stereocenters. The van der Waals surface area contributed by atoms with Gasteiger partial charge in [-0.2, -0.15) is 4.57 Å². The number of aryl methyl sites for hydroxylation is 1. The Hall–Kier alpha value is -2.93. The molecule has 2 N–H and O–H groups in total. The second-order valence-corrected chi connectivity index (χ2v) is 10.7. The molecule has 2 aromatic carbocycles. The number of aromatic nitrogens is 1. The fraction of sp³-hybridized carbons (Fsp3) is 0.467. The predicted octanol–water partition coefficient (Wildman–Crippen LogP) is 8.48. The van der Waals surface area contributed by atoms with E-state index in [9.17, 15) is 9.18 Å². The normalized spacial score (nSPS) is 10.9. The molecule has 3 rings (SSSR count). The third kappa shape index (κ3) is 10.9. The fourth-order valence-electron chi connectivity index (χ4n) is 4.25. The number of anilines is 2. The lowest BCUT2D eigenvalue weighted by Crippen LogP contribution is -2.30. The SMILES string of the molecule is CCCCCCCCCCCCOc1ccc(NC(=O)Nc2cccc(C[n+]3csc(C)c3)c2)cc1F. The van der Waals surface area contributed by atoms with E-state index < -0.39 is 11.8 Å². The van der Waals surface area contributed by atoms with Gasteiger partial charge in [-0.1, -0.05) is 88.2 Å². The number of benzene rings is 2. The number of nitrogens with one attached hydrogen (secondary N) is 2. The van der Waals surface area contributed by atoms with Crippen molar-refractivity contribution >= 4 is 28.7 Å². The van der Waals surface area contributed by atoms with Crippen molar-refractivity contribution in [2.45, 2.75) is 84.6 Å². The Morgan fingerprint density at radius 3 is 2.24 bits per heavy atom. The largest absolute Gasteiger partial charge is 0.491 e. The topological polar surface area (TPSA) is 54.2 Å². The molecule has 2 amide bonds. The van der Waals surface area contributed by atoms with Crippen LogP contribution in [-0.4, -0.2) is 12.6 Å². The zero-order chi connectivity index (χ0) is 26.3. The summed E-state index contributed by atoms with van der Waals surface area (Å²) >= 11 is 1.70. The minimum Gasteiger partial charge on any atom is -0.491 e. The van der Waals surface area contributed by atoms with E-state index in [4.69, 9.17) is 4.74 Å². The molecule has 5 nitrogen and oxygen atoms in total. The Bertz CT molecular complexity index is 1100. The summed E-state index contributed by atoms with van der Waals surface area (Å²) in [7, 11) is 0. The monoisotopic (exact) mass is 526 g/mol. The quantitative estimate of drug-likeness (QED) is 0.145. The molecule has 0 aliphatic rings. The summed E-state index contributed by atoms with van der Waals surface area (Å²) < 4.78 is 22.2. The Kier molecular flexibility index (Phi) is 12.4. The van der Waals surface area contributed by atoms with Gasteiger partial charge in [0, 0.05) is 23.0 Å². The third-order valence-electron chi connectivity index (χ3n) is 6.22. The number of carbonyl (C=O) groups excluding carboxylic acids is 1. The van der Waals surface area contributed by atoms with Crippen molar-refractivity contribution in [3.63, 3.8) is 0 Å². The molecule has 0 spiro atoms. The molecule has 0 aliphatic heterocycles. The first-order valence-corrected chi connectivity index (χ1v) is 14.4. The number of rotatable bonds is 16. The molecule has 3 aromatic rings. The number of carbonyl (C=O) groups is 1. The van der Waals surface area contributed by atoms with Gasteiger partial charge < -0.3 is 15.4 Å². The highest BCUT2D eigenvalue weighted by molar-refractivity contribution is 7.09. The van der Waals surface area contributed by atoms with E-state index in [1.165, 1.54) is 62.3 Å². The number of hydrogen-bond donors (Lipinski definition) is 2. The van der Waals surface area contributed by atoms with Gasteiger partial charge in [-0.15, -0.1) is 0 Å². The van der Waals surface area contributed by atoms with Crippen LogP contribution in [0.2, 0.25) is 0 Å². The van der Waals surface area contributed by atoms with Crippen LogP contribution in [0.1, 0.15) is 81.6 Å². The molecular formula is C30H41FN3O2S+. The van der Waals surface area contributed by atoms with Crippen LogP contribution < -0.4 is 19.9 Å². The molecule has 7 heteroatoms. The molecule has 0 saturated carbocycles. The van der Waals surface area contributed by atoms with Crippen LogP contribution in [0.25, 0.3) is 0 Å². The number of urea groups is 1. The minimum atomic E-state index is -0.477. The molecule has 0 unspecified atom stereocenters. The van der Waals surface area contributed by atoms with Gasteiger partial charge in [0.2, 0.25) is 5.51 Å². The van der Waals surface area contributed by atoms with Crippen LogP contribution in [-0.2, 0) is 6.54 Å². The Balaban J connectivity index is 1.35. The number of amides is 2. The average Bonchev–Trinajstić information content (AvgIpc) is 3.28. The van der Waals surface area contributed by atoms with Gasteiger partial charge in [0.25, 0.3) is 0 Å². The van der Waals surface area contributed by atoms with Crippen LogP contribution in [0.4, 0.5) is 20.6 Å². The summed E-state index contributed by atoms with van der Waals surface area (Å²) in [4.78, 5) is 13.7. The van der Waals surface area contributed by atoms with Crippen molar-refractivity contribution in [3.05, 3.63) is 70.4 Å². The number of ether oxygens (including phenoxy) is 1. The maximum atomic E-state index is 14.5. The highest BCUT2D eigenvalue weighted by Crippen LogP contribution is 2.22. The first kappa shape index (κ1) is 28.6. The lowest BCUT2D eigenvalue weighted by atomic mass is 10.1. The zero-order valence-electron chi connectivity index (χ0n) is 22.2. The van der Waals surface area contributed by atoms with Gasteiger partial charge >= 0.3 is 6.03 Å². The number of nitrogens with zero attached hydrogens (tertiary/aromatic N) is 1. The molecule has 0 bridgehead atoms. The zero-order valence-corrected chi connectivity index (χ0v) is 23.0. The van der Waals surface area contributed by atoms with Crippen LogP contribution in [0.15, 0.2) is 54.2 Å². The molecule has 0 aliphatic carbocycles. The summed E-state index contributed by atoms with van der Waals surface area (Å²) in [5.41, 5.74) is 4.21. The van der Waals surface area contributed by atoms with E-state index in [1.54, 1.807) is 23.5 Å². The van der Waals surface area contributed by atoms with Crippen LogP contribution in [0.5, 0.6) is 5.75 Å². The van der Waals surface area contributed by atoms with Gasteiger partial charge in [0.15, 0.2) is 24.3 Å². The van der Waals surface area contributed by atoms with Crippen LogP contribution in [0, 0.1) is 12.7 Å². The van der Waals surface area contributed by atoms with Crippen LogP contribution in [0.3, 0.4) is 0 Å². The van der Waals surface area contributed by atoms with Gasteiger partial charge in [-0.3, -0.25) is 0 Å². The number of thiazole rings is 1. The summed E-state index contributed by atoms with van der Waals surface area (Å²) in [6.07, 6.45) is 14.6. The molecule has 200 valence electrons. The van der Waals surface area contributed by atoms with E-state index in [-0.39, 0.29) is 5.75 Å². The molecule has 0 saturated heterocycles. The van der Waals surface area contributed by atoms with E-state index >= 15 is 0 Å².